The zero-order chi connectivity index (χ0) is 16.9. The molecule has 0 aliphatic heterocycles. The van der Waals surface area contributed by atoms with Crippen molar-refractivity contribution in [2.45, 2.75) is 40.0 Å². The molecule has 3 aromatic rings. The van der Waals surface area contributed by atoms with Crippen LogP contribution in [0.15, 0.2) is 12.3 Å². The zero-order valence-electron chi connectivity index (χ0n) is 13.8. The Bertz CT molecular complexity index is 876. The summed E-state index contributed by atoms with van der Waals surface area (Å²) < 4.78 is 30.2. The Morgan fingerprint density at radius 3 is 2.39 bits per heavy atom. The van der Waals surface area contributed by atoms with E-state index < -0.39 is 6.43 Å². The van der Waals surface area contributed by atoms with Gasteiger partial charge in [0.2, 0.25) is 0 Å². The van der Waals surface area contributed by atoms with Crippen molar-refractivity contribution in [3.63, 3.8) is 0 Å². The van der Waals surface area contributed by atoms with Gasteiger partial charge in [-0.3, -0.25) is 4.68 Å². The van der Waals surface area contributed by atoms with Crippen LogP contribution >= 0.6 is 0 Å². The Hall–Kier alpha value is -2.31. The van der Waals surface area contributed by atoms with Gasteiger partial charge in [-0.1, -0.05) is 13.8 Å². The van der Waals surface area contributed by atoms with E-state index in [1.807, 2.05) is 13.8 Å². The number of aromatic nitrogens is 5. The summed E-state index contributed by atoms with van der Waals surface area (Å²) in [6.07, 6.45) is -0.932. The number of halogens is 2. The van der Waals surface area contributed by atoms with Gasteiger partial charge >= 0.3 is 0 Å². The number of alkyl halides is 2. The van der Waals surface area contributed by atoms with Crippen molar-refractivity contribution in [1.82, 2.24) is 24.5 Å². The maximum absolute atomic E-state index is 13.5. The smallest absolute Gasteiger partial charge is 0.273 e. The third-order valence-corrected chi connectivity index (χ3v) is 3.98. The molecule has 0 atom stereocenters. The number of hydrogen-bond acceptors (Lipinski definition) is 3. The fourth-order valence-electron chi connectivity index (χ4n) is 3.13. The molecule has 0 aromatic carbocycles. The Balaban J connectivity index is 2.30. The average Bonchev–Trinajstić information content (AvgIpc) is 2.95. The van der Waals surface area contributed by atoms with E-state index in [-0.39, 0.29) is 11.6 Å². The Morgan fingerprint density at radius 1 is 1.13 bits per heavy atom. The minimum absolute atomic E-state index is 0.272. The molecule has 0 N–H and O–H groups in total. The number of aryl methyl sites for hydroxylation is 2. The third-order valence-electron chi connectivity index (χ3n) is 3.98. The predicted octanol–water partition coefficient (Wildman–Crippen LogP) is 3.83. The van der Waals surface area contributed by atoms with E-state index in [4.69, 9.17) is 0 Å². The van der Waals surface area contributed by atoms with Crippen molar-refractivity contribution >= 4 is 11.0 Å². The Kier molecular flexibility index (Phi) is 3.66. The maximum atomic E-state index is 13.5. The summed E-state index contributed by atoms with van der Waals surface area (Å²) in [6, 6.07) is 1.68. The van der Waals surface area contributed by atoms with E-state index in [0.717, 1.165) is 17.0 Å². The first-order chi connectivity index (χ1) is 10.8. The van der Waals surface area contributed by atoms with Crippen LogP contribution in [0.25, 0.3) is 16.7 Å². The monoisotopic (exact) mass is 319 g/mol. The van der Waals surface area contributed by atoms with E-state index in [0.29, 0.717) is 16.7 Å². The van der Waals surface area contributed by atoms with Gasteiger partial charge in [-0.05, 0) is 31.4 Å². The van der Waals surface area contributed by atoms with Crippen LogP contribution in [0.4, 0.5) is 8.78 Å². The van der Waals surface area contributed by atoms with Crippen LogP contribution < -0.4 is 0 Å². The second-order valence-electron chi connectivity index (χ2n) is 6.06. The highest BCUT2D eigenvalue weighted by molar-refractivity contribution is 5.77. The molecule has 0 aliphatic carbocycles. The second kappa shape index (κ2) is 5.40. The highest BCUT2D eigenvalue weighted by Crippen LogP contribution is 2.31. The van der Waals surface area contributed by atoms with Crippen LogP contribution in [0.5, 0.6) is 0 Å². The highest BCUT2D eigenvalue weighted by atomic mass is 19.3. The normalized spacial score (nSPS) is 12.0. The summed E-state index contributed by atoms with van der Waals surface area (Å²) in [7, 11) is 1.74. The van der Waals surface area contributed by atoms with Crippen molar-refractivity contribution in [2.24, 2.45) is 7.05 Å². The SMILES string of the molecule is Cc1nn(-c2cc3cn(C)nc3nc2C(F)F)c(C)c1C(C)C. The molecular formula is C16H19F2N5. The van der Waals surface area contributed by atoms with E-state index in [1.54, 1.807) is 28.7 Å². The maximum Gasteiger partial charge on any atom is 0.282 e. The lowest BCUT2D eigenvalue weighted by molar-refractivity contribution is 0.146. The standard InChI is InChI=1S/C16H19F2N5/c1-8(2)13-9(3)20-23(10(13)4)12-6-11-7-22(5)21-16(11)19-14(12)15(17)18/h6-8,15H,1-5H3. The van der Waals surface area contributed by atoms with E-state index in [2.05, 4.69) is 29.0 Å². The molecule has 0 saturated heterocycles. The first-order valence-electron chi connectivity index (χ1n) is 7.48. The molecule has 7 heteroatoms. The fourth-order valence-corrected chi connectivity index (χ4v) is 3.13. The molecule has 5 nitrogen and oxygen atoms in total. The average molecular weight is 319 g/mol. The first kappa shape index (κ1) is 15.6. The lowest BCUT2D eigenvalue weighted by Crippen LogP contribution is -2.07. The van der Waals surface area contributed by atoms with Gasteiger partial charge in [0.15, 0.2) is 5.65 Å². The van der Waals surface area contributed by atoms with Crippen LogP contribution in [0.1, 0.15) is 48.8 Å². The summed E-state index contributed by atoms with van der Waals surface area (Å²) in [5.74, 6) is 0.272. The predicted molar refractivity (Wildman–Crippen MR) is 84.2 cm³/mol. The van der Waals surface area contributed by atoms with Crippen molar-refractivity contribution in [1.29, 1.82) is 0 Å². The first-order valence-corrected chi connectivity index (χ1v) is 7.48. The molecule has 0 fully saturated rings. The molecule has 3 heterocycles. The lowest BCUT2D eigenvalue weighted by atomic mass is 10.0. The largest absolute Gasteiger partial charge is 0.282 e. The Morgan fingerprint density at radius 2 is 1.83 bits per heavy atom. The molecule has 3 rings (SSSR count). The van der Waals surface area contributed by atoms with Crippen molar-refractivity contribution in [3.05, 3.63) is 34.9 Å². The quantitative estimate of drug-likeness (QED) is 0.737. The number of fused-ring (bicyclic) bond motifs is 1. The van der Waals surface area contributed by atoms with Gasteiger partial charge in [-0.25, -0.2) is 18.4 Å². The molecular weight excluding hydrogens is 300 g/mol. The van der Waals surface area contributed by atoms with Gasteiger partial charge in [0, 0.05) is 24.3 Å². The van der Waals surface area contributed by atoms with E-state index in [1.165, 1.54) is 0 Å². The molecule has 0 bridgehead atoms. The molecule has 0 saturated carbocycles. The molecule has 0 amide bonds. The number of nitrogens with zero attached hydrogens (tertiary/aromatic N) is 5. The van der Waals surface area contributed by atoms with Crippen LogP contribution in [0, 0.1) is 13.8 Å². The fraction of sp³-hybridized carbons (Fsp3) is 0.438. The summed E-state index contributed by atoms with van der Waals surface area (Å²) >= 11 is 0. The van der Waals surface area contributed by atoms with Crippen LogP contribution in [0.2, 0.25) is 0 Å². The van der Waals surface area contributed by atoms with Crippen molar-refractivity contribution in [3.8, 4) is 5.69 Å². The van der Waals surface area contributed by atoms with Crippen LogP contribution in [0.3, 0.4) is 0 Å². The van der Waals surface area contributed by atoms with Gasteiger partial charge in [0.25, 0.3) is 6.43 Å². The summed E-state index contributed by atoms with van der Waals surface area (Å²) in [5, 5.41) is 9.29. The zero-order valence-corrected chi connectivity index (χ0v) is 13.8. The molecule has 0 radical (unpaired) electrons. The molecule has 0 spiro atoms. The van der Waals surface area contributed by atoms with E-state index in [9.17, 15) is 8.78 Å². The van der Waals surface area contributed by atoms with Gasteiger partial charge in [0.1, 0.15) is 5.69 Å². The molecule has 0 aliphatic rings. The third kappa shape index (κ3) is 2.50. The Labute approximate surface area is 132 Å². The second-order valence-corrected chi connectivity index (χ2v) is 6.06. The van der Waals surface area contributed by atoms with E-state index >= 15 is 0 Å². The molecule has 0 unspecified atom stereocenters. The van der Waals surface area contributed by atoms with Gasteiger partial charge < -0.3 is 0 Å². The minimum atomic E-state index is -2.69. The van der Waals surface area contributed by atoms with Crippen LogP contribution in [-0.2, 0) is 7.05 Å². The molecule has 3 aromatic heterocycles. The van der Waals surface area contributed by atoms with Gasteiger partial charge in [-0.2, -0.15) is 10.2 Å². The van der Waals surface area contributed by atoms with Crippen molar-refractivity contribution in [2.75, 3.05) is 0 Å². The summed E-state index contributed by atoms with van der Waals surface area (Å²) in [5.41, 5.74) is 3.13. The van der Waals surface area contributed by atoms with Crippen molar-refractivity contribution < 1.29 is 8.78 Å². The molecule has 23 heavy (non-hydrogen) atoms. The number of pyridine rings is 1. The lowest BCUT2D eigenvalue weighted by Gasteiger charge is -2.11. The highest BCUT2D eigenvalue weighted by Gasteiger charge is 2.23. The van der Waals surface area contributed by atoms with Gasteiger partial charge in [-0.15, -0.1) is 0 Å². The summed E-state index contributed by atoms with van der Waals surface area (Å²) in [4.78, 5) is 4.05. The number of rotatable bonds is 3. The minimum Gasteiger partial charge on any atom is -0.273 e. The number of hydrogen-bond donors (Lipinski definition) is 0. The van der Waals surface area contributed by atoms with Crippen LogP contribution in [-0.4, -0.2) is 24.5 Å². The van der Waals surface area contributed by atoms with Gasteiger partial charge in [0.05, 0.1) is 11.4 Å². The summed E-state index contributed by atoms with van der Waals surface area (Å²) in [6.45, 7) is 7.94. The molecule has 122 valence electrons. The topological polar surface area (TPSA) is 48.5 Å².